The van der Waals surface area contributed by atoms with Gasteiger partial charge in [-0.1, -0.05) is 59.9 Å². The van der Waals surface area contributed by atoms with E-state index in [1.54, 1.807) is 10.4 Å². The van der Waals surface area contributed by atoms with Gasteiger partial charge < -0.3 is 0 Å². The third-order valence-electron chi connectivity index (χ3n) is 6.54. The Labute approximate surface area is 153 Å². The van der Waals surface area contributed by atoms with E-state index >= 15 is 0 Å². The number of hydrogen-bond donors (Lipinski definition) is 0. The summed E-state index contributed by atoms with van der Waals surface area (Å²) in [7, 11) is -1.58. The Morgan fingerprint density at radius 2 is 0.960 bits per heavy atom. The van der Waals surface area contributed by atoms with Gasteiger partial charge in [0.15, 0.2) is 0 Å². The van der Waals surface area contributed by atoms with Gasteiger partial charge in [0.2, 0.25) is 0 Å². The Hall–Kier alpha value is -1.86. The fraction of sp³-hybridized carbons (Fsp3) is 0.333. The lowest BCUT2D eigenvalue weighted by molar-refractivity contribution is 1.19. The average molecular weight is 345 g/mol. The molecule has 0 aliphatic heterocycles. The summed E-state index contributed by atoms with van der Waals surface area (Å²) >= 11 is 0. The van der Waals surface area contributed by atoms with E-state index in [1.165, 1.54) is 44.5 Å². The molecule has 25 heavy (non-hydrogen) atoms. The first kappa shape index (κ1) is 16.6. The molecular formula is C24H28Si. The third kappa shape index (κ3) is 2.66. The van der Waals surface area contributed by atoms with Crippen molar-refractivity contribution in [3.05, 3.63) is 79.2 Å². The molecule has 0 heterocycles. The van der Waals surface area contributed by atoms with Gasteiger partial charge in [-0.2, -0.15) is 0 Å². The van der Waals surface area contributed by atoms with Gasteiger partial charge in [0.25, 0.3) is 0 Å². The molecule has 0 saturated carbocycles. The fourth-order valence-electron chi connectivity index (χ4n) is 4.27. The van der Waals surface area contributed by atoms with Crippen molar-refractivity contribution in [1.82, 2.24) is 0 Å². The summed E-state index contributed by atoms with van der Waals surface area (Å²) in [6.07, 6.45) is 7.32. The molecule has 0 saturated heterocycles. The number of hydrogen-bond acceptors (Lipinski definition) is 0. The van der Waals surface area contributed by atoms with E-state index in [0.29, 0.717) is 0 Å². The maximum absolute atomic E-state index is 2.54. The summed E-state index contributed by atoms with van der Waals surface area (Å²) in [6, 6.07) is 9.57. The molecule has 0 nitrogen and oxygen atoms in total. The zero-order valence-corrected chi connectivity index (χ0v) is 17.4. The molecule has 4 rings (SSSR count). The topological polar surface area (TPSA) is 0 Å². The molecule has 0 N–H and O–H groups in total. The van der Waals surface area contributed by atoms with Crippen LogP contribution in [0.15, 0.2) is 34.7 Å². The van der Waals surface area contributed by atoms with Crippen LogP contribution in [0.4, 0.5) is 0 Å². The Kier molecular flexibility index (Phi) is 3.70. The highest BCUT2D eigenvalue weighted by atomic mass is 28.3. The minimum atomic E-state index is -1.58. The van der Waals surface area contributed by atoms with Crippen molar-refractivity contribution in [2.75, 3.05) is 0 Å². The molecule has 0 amide bonds. The minimum Gasteiger partial charge on any atom is -0.0715 e. The van der Waals surface area contributed by atoms with E-state index in [0.717, 1.165) is 12.8 Å². The van der Waals surface area contributed by atoms with Crippen LogP contribution in [-0.4, -0.2) is 8.07 Å². The highest BCUT2D eigenvalue weighted by molar-refractivity contribution is 6.92. The lowest BCUT2D eigenvalue weighted by Crippen LogP contribution is -2.32. The first-order valence-electron chi connectivity index (χ1n) is 9.38. The number of aryl methyl sites for hydroxylation is 4. The number of allylic oxidation sites excluding steroid dienone is 2. The van der Waals surface area contributed by atoms with Crippen molar-refractivity contribution >= 4 is 20.2 Å². The molecule has 0 spiro atoms. The second-order valence-corrected chi connectivity index (χ2v) is 13.1. The Bertz CT molecular complexity index is 877. The molecule has 0 fully saturated rings. The average Bonchev–Trinajstić information content (AvgIpc) is 3.13. The zero-order valence-electron chi connectivity index (χ0n) is 16.4. The van der Waals surface area contributed by atoms with Gasteiger partial charge in [0, 0.05) is 0 Å². The van der Waals surface area contributed by atoms with Crippen LogP contribution in [0.1, 0.15) is 44.5 Å². The van der Waals surface area contributed by atoms with E-state index in [-0.39, 0.29) is 0 Å². The van der Waals surface area contributed by atoms with Crippen LogP contribution in [0.2, 0.25) is 13.1 Å². The first-order chi connectivity index (χ1) is 11.8. The summed E-state index contributed by atoms with van der Waals surface area (Å²) in [5.41, 5.74) is 11.6. The van der Waals surface area contributed by atoms with Gasteiger partial charge in [-0.3, -0.25) is 0 Å². The second-order valence-electron chi connectivity index (χ2n) is 8.59. The van der Waals surface area contributed by atoms with Crippen molar-refractivity contribution in [3.63, 3.8) is 0 Å². The van der Waals surface area contributed by atoms with E-state index in [4.69, 9.17) is 0 Å². The maximum Gasteiger partial charge on any atom is 0.103 e. The second kappa shape index (κ2) is 5.57. The lowest BCUT2D eigenvalue weighted by Gasteiger charge is -2.26. The van der Waals surface area contributed by atoms with Crippen LogP contribution >= 0.6 is 0 Å². The van der Waals surface area contributed by atoms with Crippen LogP contribution in [0.25, 0.3) is 12.2 Å². The fourth-order valence-corrected chi connectivity index (χ4v) is 6.98. The maximum atomic E-state index is 2.54. The van der Waals surface area contributed by atoms with Crippen LogP contribution in [0, 0.1) is 27.7 Å². The highest BCUT2D eigenvalue weighted by Gasteiger charge is 2.35. The molecule has 1 heteroatoms. The molecule has 2 aliphatic carbocycles. The Morgan fingerprint density at radius 3 is 1.36 bits per heavy atom. The van der Waals surface area contributed by atoms with Gasteiger partial charge in [0.05, 0.1) is 0 Å². The predicted octanol–water partition coefficient (Wildman–Crippen LogP) is 6.29. The van der Waals surface area contributed by atoms with Crippen molar-refractivity contribution < 1.29 is 0 Å². The normalized spacial score (nSPS) is 15.8. The van der Waals surface area contributed by atoms with Crippen LogP contribution in [0.5, 0.6) is 0 Å². The minimum absolute atomic E-state index is 1.15. The van der Waals surface area contributed by atoms with Crippen LogP contribution in [-0.2, 0) is 12.8 Å². The van der Waals surface area contributed by atoms with Gasteiger partial charge >= 0.3 is 0 Å². The van der Waals surface area contributed by atoms with Gasteiger partial charge in [-0.15, -0.1) is 0 Å². The molecular weight excluding hydrogens is 316 g/mol. The van der Waals surface area contributed by atoms with Crippen molar-refractivity contribution in [2.45, 2.75) is 53.6 Å². The molecule has 2 aromatic carbocycles. The van der Waals surface area contributed by atoms with Crippen LogP contribution < -0.4 is 0 Å². The predicted molar refractivity (Wildman–Crippen MR) is 113 cm³/mol. The molecule has 0 atom stereocenters. The van der Waals surface area contributed by atoms with E-state index in [1.807, 2.05) is 0 Å². The molecule has 0 bridgehead atoms. The molecule has 128 valence electrons. The van der Waals surface area contributed by atoms with Crippen molar-refractivity contribution in [1.29, 1.82) is 0 Å². The van der Waals surface area contributed by atoms with Crippen LogP contribution in [0.3, 0.4) is 0 Å². The van der Waals surface area contributed by atoms with E-state index in [2.05, 4.69) is 77.2 Å². The standard InChI is InChI=1S/C24H28Si/c1-15-7-19-11-23(12-20(19)8-16(15)2)25(5,6)24-13-21-9-17(3)18(4)10-22(21)14-24/h7-11,13H,12,14H2,1-6H3. The quantitative estimate of drug-likeness (QED) is 0.562. The monoisotopic (exact) mass is 344 g/mol. The lowest BCUT2D eigenvalue weighted by atomic mass is 10.0. The van der Waals surface area contributed by atoms with Gasteiger partial charge in [-0.05, 0) is 85.0 Å². The van der Waals surface area contributed by atoms with Gasteiger partial charge in [-0.25, -0.2) is 0 Å². The molecule has 2 aromatic rings. The summed E-state index contributed by atoms with van der Waals surface area (Å²) < 4.78 is 0. The summed E-state index contributed by atoms with van der Waals surface area (Å²) in [5, 5.41) is 3.39. The highest BCUT2D eigenvalue weighted by Crippen LogP contribution is 2.40. The first-order valence-corrected chi connectivity index (χ1v) is 12.4. The van der Waals surface area contributed by atoms with Gasteiger partial charge in [0.1, 0.15) is 8.07 Å². The molecule has 2 aliphatic rings. The Balaban J connectivity index is 1.68. The smallest absolute Gasteiger partial charge is 0.0715 e. The Morgan fingerprint density at radius 1 is 0.600 bits per heavy atom. The summed E-state index contributed by atoms with van der Waals surface area (Å²) in [6.45, 7) is 14.0. The SMILES string of the molecule is Cc1cc2c(cc1C)CC([Si](C)(C)C1=Cc3cc(C)c(C)cc3C1)=C2. The third-order valence-corrected chi connectivity index (χ3v) is 10.4. The zero-order chi connectivity index (χ0) is 17.9. The molecule has 0 aromatic heterocycles. The largest absolute Gasteiger partial charge is 0.103 e. The van der Waals surface area contributed by atoms with Crippen molar-refractivity contribution in [2.24, 2.45) is 0 Å². The number of rotatable bonds is 2. The summed E-state index contributed by atoms with van der Waals surface area (Å²) in [4.78, 5) is 0. The van der Waals surface area contributed by atoms with Crippen molar-refractivity contribution in [3.8, 4) is 0 Å². The number of benzene rings is 2. The number of fused-ring (bicyclic) bond motifs is 2. The molecule has 0 unspecified atom stereocenters. The molecule has 0 radical (unpaired) electrons. The van der Waals surface area contributed by atoms with E-state index < -0.39 is 8.07 Å². The van der Waals surface area contributed by atoms with E-state index in [9.17, 15) is 0 Å². The summed E-state index contributed by atoms with van der Waals surface area (Å²) in [5.74, 6) is 0.